The number of furan rings is 1. The molecule has 0 radical (unpaired) electrons. The Morgan fingerprint density at radius 2 is 1.93 bits per heavy atom. The van der Waals surface area contributed by atoms with Gasteiger partial charge < -0.3 is 25.5 Å². The predicted molar refractivity (Wildman–Crippen MR) is 97.6 cm³/mol. The Bertz CT molecular complexity index is 777. The van der Waals surface area contributed by atoms with Gasteiger partial charge in [0.1, 0.15) is 5.76 Å². The minimum absolute atomic E-state index is 0.185. The van der Waals surface area contributed by atoms with Crippen LogP contribution in [0.3, 0.4) is 0 Å². The molecule has 0 fully saturated rings. The zero-order valence-corrected chi connectivity index (χ0v) is 15.4. The topological polar surface area (TPSA) is 124 Å². The number of primary amides is 1. The number of rotatable bonds is 8. The Kier molecular flexibility index (Phi) is 7.25. The van der Waals surface area contributed by atoms with Crippen LogP contribution in [0.4, 0.5) is 4.79 Å². The van der Waals surface area contributed by atoms with Crippen molar-refractivity contribution in [3.63, 3.8) is 0 Å². The molecule has 1 aromatic heterocycles. The van der Waals surface area contributed by atoms with E-state index in [1.807, 2.05) is 0 Å². The summed E-state index contributed by atoms with van der Waals surface area (Å²) in [6.07, 6.45) is 0.292. The third kappa shape index (κ3) is 6.67. The third-order valence-electron chi connectivity index (χ3n) is 3.65. The molecule has 2 aromatic rings. The SMILES string of the molecule is C[C@H](OC(=O)C[C@H](NC(N)=O)c1ccc(Cl)cc1)C(=O)NCc1ccco1. The van der Waals surface area contributed by atoms with Gasteiger partial charge in [0.05, 0.1) is 25.3 Å². The molecule has 9 heteroatoms. The Labute approximate surface area is 161 Å². The molecule has 0 aliphatic rings. The molecule has 0 saturated carbocycles. The van der Waals surface area contributed by atoms with Gasteiger partial charge in [0.15, 0.2) is 6.10 Å². The summed E-state index contributed by atoms with van der Waals surface area (Å²) in [5.74, 6) is -0.551. The van der Waals surface area contributed by atoms with Crippen LogP contribution >= 0.6 is 11.6 Å². The molecule has 0 aliphatic heterocycles. The minimum Gasteiger partial charge on any atom is -0.467 e. The summed E-state index contributed by atoms with van der Waals surface area (Å²) in [5.41, 5.74) is 5.80. The van der Waals surface area contributed by atoms with Crippen molar-refractivity contribution in [3.05, 3.63) is 59.0 Å². The number of carbonyl (C=O) groups excluding carboxylic acids is 3. The lowest BCUT2D eigenvalue weighted by molar-refractivity contribution is -0.155. The largest absolute Gasteiger partial charge is 0.467 e. The molecule has 1 heterocycles. The van der Waals surface area contributed by atoms with E-state index in [0.717, 1.165) is 0 Å². The van der Waals surface area contributed by atoms with Crippen LogP contribution in [0.5, 0.6) is 0 Å². The van der Waals surface area contributed by atoms with Crippen molar-refractivity contribution < 1.29 is 23.5 Å². The first-order chi connectivity index (χ1) is 12.8. The summed E-state index contributed by atoms with van der Waals surface area (Å²) < 4.78 is 10.2. The van der Waals surface area contributed by atoms with E-state index in [9.17, 15) is 14.4 Å². The lowest BCUT2D eigenvalue weighted by Crippen LogP contribution is -2.37. The average Bonchev–Trinajstić information content (AvgIpc) is 3.12. The van der Waals surface area contributed by atoms with Gasteiger partial charge in [0.25, 0.3) is 5.91 Å². The van der Waals surface area contributed by atoms with E-state index in [4.69, 9.17) is 26.5 Å². The zero-order chi connectivity index (χ0) is 19.8. The van der Waals surface area contributed by atoms with Crippen LogP contribution in [0.25, 0.3) is 0 Å². The van der Waals surface area contributed by atoms with Crippen molar-refractivity contribution in [2.24, 2.45) is 5.73 Å². The summed E-state index contributed by atoms with van der Waals surface area (Å²) in [7, 11) is 0. The van der Waals surface area contributed by atoms with E-state index in [1.54, 1.807) is 36.4 Å². The van der Waals surface area contributed by atoms with Crippen LogP contribution in [0.1, 0.15) is 30.7 Å². The van der Waals surface area contributed by atoms with Gasteiger partial charge in [0.2, 0.25) is 0 Å². The van der Waals surface area contributed by atoms with Gasteiger partial charge in [-0.15, -0.1) is 0 Å². The van der Waals surface area contributed by atoms with E-state index in [1.165, 1.54) is 13.2 Å². The summed E-state index contributed by atoms with van der Waals surface area (Å²) in [6.45, 7) is 1.64. The number of nitrogens with two attached hydrogens (primary N) is 1. The maximum Gasteiger partial charge on any atom is 0.312 e. The quantitative estimate of drug-likeness (QED) is 0.593. The van der Waals surface area contributed by atoms with Gasteiger partial charge in [-0.25, -0.2) is 4.79 Å². The molecule has 0 aliphatic carbocycles. The van der Waals surface area contributed by atoms with Crippen LogP contribution in [0.15, 0.2) is 47.1 Å². The third-order valence-corrected chi connectivity index (χ3v) is 3.91. The molecule has 0 spiro atoms. The van der Waals surface area contributed by atoms with Gasteiger partial charge in [-0.2, -0.15) is 0 Å². The van der Waals surface area contributed by atoms with E-state index in [2.05, 4.69) is 10.6 Å². The molecular weight excluding hydrogens is 374 g/mol. The number of esters is 1. The molecule has 3 amide bonds. The second kappa shape index (κ2) is 9.63. The van der Waals surface area contributed by atoms with Gasteiger partial charge in [-0.1, -0.05) is 23.7 Å². The number of ether oxygens (including phenoxy) is 1. The van der Waals surface area contributed by atoms with E-state index >= 15 is 0 Å². The van der Waals surface area contributed by atoms with Crippen molar-refractivity contribution in [1.29, 1.82) is 0 Å². The van der Waals surface area contributed by atoms with Crippen LogP contribution in [-0.4, -0.2) is 24.0 Å². The molecule has 0 saturated heterocycles. The van der Waals surface area contributed by atoms with Crippen molar-refractivity contribution in [1.82, 2.24) is 10.6 Å². The Balaban J connectivity index is 1.90. The van der Waals surface area contributed by atoms with E-state index in [0.29, 0.717) is 16.3 Å². The highest BCUT2D eigenvalue weighted by Crippen LogP contribution is 2.20. The average molecular weight is 394 g/mol. The normalized spacial score (nSPS) is 12.7. The van der Waals surface area contributed by atoms with Crippen LogP contribution in [0, 0.1) is 0 Å². The second-order valence-corrected chi connectivity index (χ2v) is 6.18. The van der Waals surface area contributed by atoms with E-state index < -0.39 is 30.1 Å². The number of hydrogen-bond donors (Lipinski definition) is 3. The maximum atomic E-state index is 12.2. The number of amides is 3. The molecule has 4 N–H and O–H groups in total. The first kappa shape index (κ1) is 20.3. The maximum absolute atomic E-state index is 12.2. The number of carbonyl (C=O) groups is 3. The number of urea groups is 1. The number of halogens is 1. The summed E-state index contributed by atoms with van der Waals surface area (Å²) in [5, 5.41) is 5.59. The van der Waals surface area contributed by atoms with Crippen molar-refractivity contribution in [2.45, 2.75) is 32.0 Å². The fourth-order valence-corrected chi connectivity index (χ4v) is 2.44. The van der Waals surface area contributed by atoms with Crippen LogP contribution in [-0.2, 0) is 20.9 Å². The number of hydrogen-bond acceptors (Lipinski definition) is 5. The smallest absolute Gasteiger partial charge is 0.312 e. The molecular formula is C18H20ClN3O5. The van der Waals surface area contributed by atoms with Crippen molar-refractivity contribution >= 4 is 29.5 Å². The molecule has 8 nitrogen and oxygen atoms in total. The predicted octanol–water partition coefficient (Wildman–Crippen LogP) is 2.28. The van der Waals surface area contributed by atoms with Crippen molar-refractivity contribution in [2.75, 3.05) is 0 Å². The molecule has 2 atom stereocenters. The van der Waals surface area contributed by atoms with Gasteiger partial charge in [-0.05, 0) is 36.8 Å². The monoisotopic (exact) mass is 393 g/mol. The van der Waals surface area contributed by atoms with Crippen LogP contribution in [0.2, 0.25) is 5.02 Å². The highest BCUT2D eigenvalue weighted by molar-refractivity contribution is 6.30. The molecule has 0 bridgehead atoms. The molecule has 1 aromatic carbocycles. The highest BCUT2D eigenvalue weighted by atomic mass is 35.5. The molecule has 27 heavy (non-hydrogen) atoms. The first-order valence-electron chi connectivity index (χ1n) is 8.16. The van der Waals surface area contributed by atoms with Gasteiger partial charge in [0, 0.05) is 5.02 Å². The Morgan fingerprint density at radius 3 is 2.52 bits per heavy atom. The summed E-state index contributed by atoms with van der Waals surface area (Å²) in [4.78, 5) is 35.4. The first-order valence-corrected chi connectivity index (χ1v) is 8.54. The number of nitrogens with one attached hydrogen (secondary N) is 2. The summed E-state index contributed by atoms with van der Waals surface area (Å²) >= 11 is 5.84. The fraction of sp³-hybridized carbons (Fsp3) is 0.278. The fourth-order valence-electron chi connectivity index (χ4n) is 2.32. The van der Waals surface area contributed by atoms with Crippen LogP contribution < -0.4 is 16.4 Å². The Morgan fingerprint density at radius 1 is 1.22 bits per heavy atom. The molecule has 0 unspecified atom stereocenters. The van der Waals surface area contributed by atoms with Gasteiger partial charge >= 0.3 is 12.0 Å². The minimum atomic E-state index is -1.01. The van der Waals surface area contributed by atoms with Crippen molar-refractivity contribution in [3.8, 4) is 0 Å². The lowest BCUT2D eigenvalue weighted by atomic mass is 10.0. The molecule has 2 rings (SSSR count). The van der Waals surface area contributed by atoms with Gasteiger partial charge in [-0.3, -0.25) is 9.59 Å². The molecule has 144 valence electrons. The van der Waals surface area contributed by atoms with E-state index in [-0.39, 0.29) is 13.0 Å². The second-order valence-electron chi connectivity index (χ2n) is 5.75. The highest BCUT2D eigenvalue weighted by Gasteiger charge is 2.22. The Hall–Kier alpha value is -3.00. The summed E-state index contributed by atoms with van der Waals surface area (Å²) in [6, 6.07) is 8.51. The zero-order valence-electron chi connectivity index (χ0n) is 14.6. The number of benzene rings is 1. The standard InChI is InChI=1S/C18H20ClN3O5/c1-11(17(24)21-10-14-3-2-8-26-14)27-16(23)9-15(22-18(20)25)12-4-6-13(19)7-5-12/h2-8,11,15H,9-10H2,1H3,(H,21,24)(H3,20,22,25)/t11-,15-/m0/s1. The lowest BCUT2D eigenvalue weighted by Gasteiger charge is -2.19.